The molecule has 0 fully saturated rings. The zero-order valence-corrected chi connectivity index (χ0v) is 11.9. The van der Waals surface area contributed by atoms with Gasteiger partial charge in [-0.2, -0.15) is 4.31 Å². The minimum Gasteiger partial charge on any atom is -0.267 e. The average molecular weight is 323 g/mol. The summed E-state index contributed by atoms with van der Waals surface area (Å²) in [5.74, 6) is -1.91. The summed E-state index contributed by atoms with van der Waals surface area (Å²) in [4.78, 5) is 28.1. The first-order valence-corrected chi connectivity index (χ1v) is 7.60. The quantitative estimate of drug-likeness (QED) is 0.589. The van der Waals surface area contributed by atoms with Crippen LogP contribution in [0.3, 0.4) is 0 Å². The third-order valence-electron chi connectivity index (χ3n) is 2.99. The van der Waals surface area contributed by atoms with Crippen molar-refractivity contribution in [1.82, 2.24) is 9.29 Å². The van der Waals surface area contributed by atoms with Crippen molar-refractivity contribution in [2.24, 2.45) is 0 Å². The highest BCUT2D eigenvalue weighted by atomic mass is 35.5. The fourth-order valence-corrected chi connectivity index (χ4v) is 3.76. The highest BCUT2D eigenvalue weighted by Gasteiger charge is 2.45. The van der Waals surface area contributed by atoms with E-state index in [1.54, 1.807) is 0 Å². The number of hydrogen-bond acceptors (Lipinski definition) is 5. The molecule has 0 aliphatic carbocycles. The second-order valence-electron chi connectivity index (χ2n) is 4.22. The molecule has 1 aromatic carbocycles. The van der Waals surface area contributed by atoms with Crippen LogP contribution in [0.1, 0.15) is 20.7 Å². The second kappa shape index (κ2) is 4.64. The van der Waals surface area contributed by atoms with Crippen LogP contribution in [0.15, 0.2) is 47.5 Å². The van der Waals surface area contributed by atoms with Crippen molar-refractivity contribution in [2.45, 2.75) is 4.90 Å². The second-order valence-corrected chi connectivity index (χ2v) is 6.33. The minimum absolute atomic E-state index is 0.0362. The number of carbonyl (C=O) groups is 2. The van der Waals surface area contributed by atoms with Gasteiger partial charge in [-0.25, -0.2) is 13.4 Å². The fraction of sp³-hybridized carbons (Fsp3) is 0. The van der Waals surface area contributed by atoms with E-state index in [1.165, 1.54) is 42.6 Å². The molecule has 2 aromatic rings. The molecule has 1 aliphatic rings. The Labute approximate surface area is 125 Å². The summed E-state index contributed by atoms with van der Waals surface area (Å²) in [6.07, 6.45) is 1.36. The Bertz CT molecular complexity index is 879. The van der Waals surface area contributed by atoms with Gasteiger partial charge >= 0.3 is 0 Å². The minimum atomic E-state index is -4.21. The van der Waals surface area contributed by atoms with Crippen LogP contribution >= 0.6 is 11.6 Å². The fourth-order valence-electron chi connectivity index (χ4n) is 2.04. The number of carbonyl (C=O) groups excluding carboxylic acids is 2. The first-order chi connectivity index (χ1) is 9.94. The molecule has 106 valence electrons. The Balaban J connectivity index is 2.16. The molecule has 1 aliphatic heterocycles. The number of hydrogen-bond donors (Lipinski definition) is 0. The molecule has 8 heteroatoms. The van der Waals surface area contributed by atoms with Crippen LogP contribution in [0.4, 0.5) is 0 Å². The summed E-state index contributed by atoms with van der Waals surface area (Å²) in [5, 5.41) is -0.165. The molecule has 0 unspecified atom stereocenters. The average Bonchev–Trinajstić information content (AvgIpc) is 2.67. The van der Waals surface area contributed by atoms with E-state index < -0.39 is 21.8 Å². The summed E-state index contributed by atoms with van der Waals surface area (Å²) in [6.45, 7) is 0. The molecule has 0 N–H and O–H groups in total. The van der Waals surface area contributed by atoms with E-state index in [-0.39, 0.29) is 25.5 Å². The third kappa shape index (κ3) is 1.93. The number of rotatable bonds is 1. The maximum Gasteiger partial charge on any atom is 0.278 e. The van der Waals surface area contributed by atoms with E-state index in [2.05, 4.69) is 4.98 Å². The van der Waals surface area contributed by atoms with Gasteiger partial charge in [0.1, 0.15) is 10.0 Å². The van der Waals surface area contributed by atoms with Gasteiger partial charge < -0.3 is 0 Å². The topological polar surface area (TPSA) is 84.4 Å². The van der Waals surface area contributed by atoms with Crippen LogP contribution in [-0.2, 0) is 10.0 Å². The van der Waals surface area contributed by atoms with Gasteiger partial charge in [-0.1, -0.05) is 23.7 Å². The number of benzene rings is 1. The van der Waals surface area contributed by atoms with Gasteiger partial charge in [0, 0.05) is 6.20 Å². The standard InChI is InChI=1S/C13H7ClN2O4S/c14-11-9(5-3-7-15-11)13(18)16-12(17)8-4-1-2-6-10(8)21(16,19)20/h1-7H. The molecule has 2 amide bonds. The van der Waals surface area contributed by atoms with Gasteiger partial charge in [-0.15, -0.1) is 0 Å². The number of amides is 2. The number of aromatic nitrogens is 1. The number of nitrogens with zero attached hydrogens (tertiary/aromatic N) is 2. The van der Waals surface area contributed by atoms with Crippen LogP contribution in [-0.4, -0.2) is 29.5 Å². The molecule has 0 spiro atoms. The number of pyridine rings is 1. The Morgan fingerprint density at radius 3 is 2.52 bits per heavy atom. The van der Waals surface area contributed by atoms with E-state index in [0.717, 1.165) is 0 Å². The Hall–Kier alpha value is -2.25. The Morgan fingerprint density at radius 2 is 1.86 bits per heavy atom. The Morgan fingerprint density at radius 1 is 1.14 bits per heavy atom. The molecule has 21 heavy (non-hydrogen) atoms. The summed E-state index contributed by atoms with van der Waals surface area (Å²) in [5.41, 5.74) is -0.185. The number of sulfonamides is 1. The van der Waals surface area contributed by atoms with E-state index in [1.807, 2.05) is 0 Å². The van der Waals surface area contributed by atoms with Crippen LogP contribution in [0, 0.1) is 0 Å². The van der Waals surface area contributed by atoms with Crippen molar-refractivity contribution in [1.29, 1.82) is 0 Å². The number of halogens is 1. The molecule has 6 nitrogen and oxygen atoms in total. The van der Waals surface area contributed by atoms with E-state index in [4.69, 9.17) is 11.6 Å². The van der Waals surface area contributed by atoms with E-state index >= 15 is 0 Å². The summed E-state index contributed by atoms with van der Waals surface area (Å²) >= 11 is 5.78. The van der Waals surface area contributed by atoms with Crippen molar-refractivity contribution >= 4 is 33.4 Å². The summed E-state index contributed by atoms with van der Waals surface area (Å²) < 4.78 is 24.9. The zero-order valence-electron chi connectivity index (χ0n) is 10.4. The van der Waals surface area contributed by atoms with Crippen molar-refractivity contribution in [3.63, 3.8) is 0 Å². The highest BCUT2D eigenvalue weighted by Crippen LogP contribution is 2.31. The molecular weight excluding hydrogens is 316 g/mol. The number of imide groups is 1. The molecule has 0 atom stereocenters. The zero-order chi connectivity index (χ0) is 15.2. The predicted molar refractivity (Wildman–Crippen MR) is 73.4 cm³/mol. The van der Waals surface area contributed by atoms with Crippen molar-refractivity contribution in [2.75, 3.05) is 0 Å². The summed E-state index contributed by atoms with van der Waals surface area (Å²) in [6, 6.07) is 8.38. The van der Waals surface area contributed by atoms with Crippen molar-refractivity contribution < 1.29 is 18.0 Å². The van der Waals surface area contributed by atoms with Gasteiger partial charge in [0.25, 0.3) is 21.8 Å². The first kappa shape index (κ1) is 13.7. The lowest BCUT2D eigenvalue weighted by molar-refractivity contribution is 0.0739. The Kier molecular flexibility index (Phi) is 3.03. The van der Waals surface area contributed by atoms with Gasteiger partial charge in [0.2, 0.25) is 0 Å². The molecule has 0 saturated carbocycles. The van der Waals surface area contributed by atoms with Crippen LogP contribution in [0.25, 0.3) is 0 Å². The van der Waals surface area contributed by atoms with Crippen LogP contribution in [0.5, 0.6) is 0 Å². The van der Waals surface area contributed by atoms with Gasteiger partial charge in [-0.05, 0) is 24.3 Å². The molecule has 0 radical (unpaired) electrons. The van der Waals surface area contributed by atoms with E-state index in [0.29, 0.717) is 0 Å². The van der Waals surface area contributed by atoms with E-state index in [9.17, 15) is 18.0 Å². The molecular formula is C13H7ClN2O4S. The maximum absolute atomic E-state index is 12.4. The van der Waals surface area contributed by atoms with Crippen LogP contribution < -0.4 is 0 Å². The van der Waals surface area contributed by atoms with Gasteiger partial charge in [0.05, 0.1) is 11.1 Å². The predicted octanol–water partition coefficient (Wildman–Crippen LogP) is 1.72. The lowest BCUT2D eigenvalue weighted by Crippen LogP contribution is -2.36. The molecule has 0 saturated heterocycles. The molecule has 2 heterocycles. The lowest BCUT2D eigenvalue weighted by Gasteiger charge is -2.13. The van der Waals surface area contributed by atoms with Crippen molar-refractivity contribution in [3.8, 4) is 0 Å². The van der Waals surface area contributed by atoms with Gasteiger partial charge in [-0.3, -0.25) is 9.59 Å². The molecule has 3 rings (SSSR count). The lowest BCUT2D eigenvalue weighted by atomic mass is 10.2. The molecule has 0 bridgehead atoms. The smallest absolute Gasteiger partial charge is 0.267 e. The highest BCUT2D eigenvalue weighted by molar-refractivity contribution is 7.90. The SMILES string of the molecule is O=C1c2ccccc2S(=O)(=O)N1C(=O)c1cccnc1Cl. The maximum atomic E-state index is 12.4. The van der Waals surface area contributed by atoms with Crippen LogP contribution in [0.2, 0.25) is 5.15 Å². The third-order valence-corrected chi connectivity index (χ3v) is 5.02. The normalized spacial score (nSPS) is 15.9. The molecule has 1 aromatic heterocycles. The largest absolute Gasteiger partial charge is 0.278 e. The summed E-state index contributed by atoms with van der Waals surface area (Å²) in [7, 11) is -4.21. The monoisotopic (exact) mass is 322 g/mol. The van der Waals surface area contributed by atoms with Gasteiger partial charge in [0.15, 0.2) is 0 Å². The first-order valence-electron chi connectivity index (χ1n) is 5.78. The van der Waals surface area contributed by atoms with Crippen molar-refractivity contribution in [3.05, 3.63) is 58.9 Å². The number of fused-ring (bicyclic) bond motifs is 1.